The molecule has 0 atom stereocenters. The zero-order chi connectivity index (χ0) is 14.2. The van der Waals surface area contributed by atoms with Gasteiger partial charge in [0.1, 0.15) is 4.90 Å². The predicted octanol–water partition coefficient (Wildman–Crippen LogP) is 2.48. The van der Waals surface area contributed by atoms with Gasteiger partial charge >= 0.3 is 5.97 Å². The summed E-state index contributed by atoms with van der Waals surface area (Å²) in [6, 6.07) is 2.48. The van der Waals surface area contributed by atoms with Gasteiger partial charge < -0.3 is 5.11 Å². The summed E-state index contributed by atoms with van der Waals surface area (Å²) in [6.45, 7) is 0.841. The number of carbonyl (C=O) groups is 1. The highest BCUT2D eigenvalue weighted by Gasteiger charge is 2.31. The third kappa shape index (κ3) is 2.58. The molecule has 0 spiro atoms. The Morgan fingerprint density at radius 3 is 2.32 bits per heavy atom. The van der Waals surface area contributed by atoms with Crippen molar-refractivity contribution in [2.45, 2.75) is 17.7 Å². The van der Waals surface area contributed by atoms with Gasteiger partial charge in [0, 0.05) is 13.1 Å². The lowest BCUT2D eigenvalue weighted by molar-refractivity contribution is 0.0697. The summed E-state index contributed by atoms with van der Waals surface area (Å²) in [4.78, 5) is 10.9. The van der Waals surface area contributed by atoms with Crippen molar-refractivity contribution in [3.05, 3.63) is 27.7 Å². The van der Waals surface area contributed by atoms with E-state index in [-0.39, 0.29) is 20.5 Å². The Bertz CT molecular complexity index is 624. The monoisotopic (exact) mass is 323 g/mol. The molecule has 0 aliphatic carbocycles. The summed E-state index contributed by atoms with van der Waals surface area (Å²) in [5, 5.41) is 8.60. The Hall–Kier alpha value is -0.820. The summed E-state index contributed by atoms with van der Waals surface area (Å²) in [5.74, 6) is -1.35. The van der Waals surface area contributed by atoms with Crippen LogP contribution in [0.1, 0.15) is 23.2 Å². The van der Waals surface area contributed by atoms with Crippen LogP contribution in [-0.2, 0) is 10.0 Å². The molecule has 8 heteroatoms. The van der Waals surface area contributed by atoms with Crippen LogP contribution in [0.25, 0.3) is 0 Å². The molecule has 0 bridgehead atoms. The Morgan fingerprint density at radius 1 is 1.21 bits per heavy atom. The van der Waals surface area contributed by atoms with Gasteiger partial charge in [0.05, 0.1) is 15.6 Å². The Labute approximate surface area is 120 Å². The van der Waals surface area contributed by atoms with Crippen LogP contribution in [0.3, 0.4) is 0 Å². The van der Waals surface area contributed by atoms with Crippen LogP contribution in [0.5, 0.6) is 0 Å². The van der Waals surface area contributed by atoms with Crippen molar-refractivity contribution in [1.29, 1.82) is 0 Å². The third-order valence-electron chi connectivity index (χ3n) is 2.95. The molecule has 0 saturated carbocycles. The van der Waals surface area contributed by atoms with Gasteiger partial charge in [-0.1, -0.05) is 23.2 Å². The smallest absolute Gasteiger partial charge is 0.338 e. The number of benzene rings is 1. The standard InChI is InChI=1S/C11H11Cl2NO4S/c12-7-3-4-8(10(13)9(7)11(15)16)19(17,18)14-5-1-2-6-14/h3-4H,1-2,5-6H2,(H,15,16). The minimum atomic E-state index is -3.76. The molecule has 0 amide bonds. The average Bonchev–Trinajstić information content (AvgIpc) is 2.81. The summed E-state index contributed by atoms with van der Waals surface area (Å²) in [7, 11) is -3.76. The van der Waals surface area contributed by atoms with Crippen LogP contribution >= 0.6 is 23.2 Å². The van der Waals surface area contributed by atoms with E-state index < -0.39 is 16.0 Å². The topological polar surface area (TPSA) is 74.7 Å². The number of halogens is 2. The van der Waals surface area contributed by atoms with E-state index >= 15 is 0 Å². The van der Waals surface area contributed by atoms with Gasteiger partial charge in [-0.15, -0.1) is 0 Å². The highest BCUT2D eigenvalue weighted by Crippen LogP contribution is 2.33. The van der Waals surface area contributed by atoms with Gasteiger partial charge in [0.25, 0.3) is 0 Å². The minimum absolute atomic E-state index is 0.0853. The molecule has 0 aromatic heterocycles. The highest BCUT2D eigenvalue weighted by molar-refractivity contribution is 7.89. The third-order valence-corrected chi connectivity index (χ3v) is 5.71. The lowest BCUT2D eigenvalue weighted by Crippen LogP contribution is -2.28. The summed E-state index contributed by atoms with van der Waals surface area (Å²) < 4.78 is 26.0. The van der Waals surface area contributed by atoms with Gasteiger partial charge in [-0.05, 0) is 25.0 Å². The molecule has 19 heavy (non-hydrogen) atoms. The number of rotatable bonds is 3. The first-order valence-corrected chi connectivity index (χ1v) is 7.76. The number of hydrogen-bond acceptors (Lipinski definition) is 3. The fourth-order valence-electron chi connectivity index (χ4n) is 2.00. The molecule has 104 valence electrons. The van der Waals surface area contributed by atoms with Crippen molar-refractivity contribution in [2.75, 3.05) is 13.1 Å². The summed E-state index contributed by atoms with van der Waals surface area (Å²) in [5.41, 5.74) is -0.386. The second kappa shape index (κ2) is 5.28. The van der Waals surface area contributed by atoms with Crippen molar-refractivity contribution in [3.8, 4) is 0 Å². The molecule has 5 nitrogen and oxygen atoms in total. The molecule has 1 aliphatic heterocycles. The number of nitrogens with zero attached hydrogens (tertiary/aromatic N) is 1. The Balaban J connectivity index is 2.57. The van der Waals surface area contributed by atoms with E-state index in [4.69, 9.17) is 28.3 Å². The van der Waals surface area contributed by atoms with Crippen molar-refractivity contribution < 1.29 is 18.3 Å². The second-order valence-corrected chi connectivity index (χ2v) is 6.84. The van der Waals surface area contributed by atoms with E-state index in [0.29, 0.717) is 13.1 Å². The first-order chi connectivity index (χ1) is 8.85. The van der Waals surface area contributed by atoms with Crippen LogP contribution in [0.2, 0.25) is 10.0 Å². The van der Waals surface area contributed by atoms with Gasteiger partial charge in [0.2, 0.25) is 10.0 Å². The van der Waals surface area contributed by atoms with Crippen LogP contribution in [0.15, 0.2) is 17.0 Å². The van der Waals surface area contributed by atoms with Gasteiger partial charge in [-0.3, -0.25) is 0 Å². The van der Waals surface area contributed by atoms with E-state index in [1.54, 1.807) is 0 Å². The molecule has 1 aromatic carbocycles. The molecule has 1 aliphatic rings. The fourth-order valence-corrected chi connectivity index (χ4v) is 4.41. The molecule has 0 radical (unpaired) electrons. The van der Waals surface area contributed by atoms with Crippen molar-refractivity contribution in [3.63, 3.8) is 0 Å². The maximum atomic E-state index is 12.3. The van der Waals surface area contributed by atoms with E-state index in [2.05, 4.69) is 0 Å². The number of hydrogen-bond donors (Lipinski definition) is 1. The maximum Gasteiger partial charge on any atom is 0.338 e. The molecule has 1 aromatic rings. The molecule has 1 N–H and O–H groups in total. The van der Waals surface area contributed by atoms with E-state index in [1.807, 2.05) is 0 Å². The summed E-state index contributed by atoms with van der Waals surface area (Å²) in [6.07, 6.45) is 1.58. The van der Waals surface area contributed by atoms with Crippen LogP contribution in [-0.4, -0.2) is 36.9 Å². The van der Waals surface area contributed by atoms with Gasteiger partial charge in [-0.25, -0.2) is 13.2 Å². The molecule has 0 unspecified atom stereocenters. The Kier molecular flexibility index (Phi) is 4.06. The van der Waals surface area contributed by atoms with E-state index in [0.717, 1.165) is 12.8 Å². The van der Waals surface area contributed by atoms with Crippen molar-refractivity contribution in [2.24, 2.45) is 0 Å². The molecule has 1 fully saturated rings. The molecular formula is C11H11Cl2NO4S. The fraction of sp³-hybridized carbons (Fsp3) is 0.364. The quantitative estimate of drug-likeness (QED) is 0.927. The SMILES string of the molecule is O=C(O)c1c(Cl)ccc(S(=O)(=O)N2CCCC2)c1Cl. The maximum absolute atomic E-state index is 12.3. The first kappa shape index (κ1) is 14.6. The number of sulfonamides is 1. The summed E-state index contributed by atoms with van der Waals surface area (Å²) >= 11 is 11.6. The Morgan fingerprint density at radius 2 is 1.79 bits per heavy atom. The van der Waals surface area contributed by atoms with Crippen molar-refractivity contribution in [1.82, 2.24) is 4.31 Å². The van der Waals surface area contributed by atoms with Crippen LogP contribution < -0.4 is 0 Å². The number of carboxylic acids is 1. The van der Waals surface area contributed by atoms with Gasteiger partial charge in [-0.2, -0.15) is 4.31 Å². The van der Waals surface area contributed by atoms with E-state index in [1.165, 1.54) is 16.4 Å². The lowest BCUT2D eigenvalue weighted by Gasteiger charge is -2.17. The van der Waals surface area contributed by atoms with Crippen LogP contribution in [0, 0.1) is 0 Å². The second-order valence-electron chi connectivity index (χ2n) is 4.15. The number of aromatic carboxylic acids is 1. The normalized spacial score (nSPS) is 16.7. The minimum Gasteiger partial charge on any atom is -0.478 e. The van der Waals surface area contributed by atoms with E-state index in [9.17, 15) is 13.2 Å². The number of carboxylic acid groups (broad SMARTS) is 1. The zero-order valence-electron chi connectivity index (χ0n) is 9.77. The zero-order valence-corrected chi connectivity index (χ0v) is 12.1. The largest absolute Gasteiger partial charge is 0.478 e. The predicted molar refractivity (Wildman–Crippen MR) is 71.4 cm³/mol. The average molecular weight is 324 g/mol. The molecule has 2 rings (SSSR count). The first-order valence-electron chi connectivity index (χ1n) is 5.57. The van der Waals surface area contributed by atoms with Crippen molar-refractivity contribution >= 4 is 39.2 Å². The highest BCUT2D eigenvalue weighted by atomic mass is 35.5. The lowest BCUT2D eigenvalue weighted by atomic mass is 10.2. The van der Waals surface area contributed by atoms with Crippen LogP contribution in [0.4, 0.5) is 0 Å². The molecular weight excluding hydrogens is 313 g/mol. The van der Waals surface area contributed by atoms with Gasteiger partial charge in [0.15, 0.2) is 0 Å². The molecule has 1 heterocycles. The molecule has 1 saturated heterocycles.